The standard InChI is InChI=1S/C34H34N6O3/c1-25-11-13-27(14-12-25)33(34(42)35-28-15-17-29(18-16-28)38-19-21-43-22-20-38)39(23-26-7-3-2-4-8-26)32(41)24-40-31-10-6-5-9-30(31)36-37-40/h2-18,33H,19-24H2,1H3,(H,35,42). The van der Waals surface area contributed by atoms with Crippen LogP contribution in [0.4, 0.5) is 11.4 Å². The minimum Gasteiger partial charge on any atom is -0.378 e. The number of aromatic nitrogens is 3. The van der Waals surface area contributed by atoms with E-state index >= 15 is 0 Å². The Hall–Kier alpha value is -5.02. The number of para-hydroxylation sites is 1. The Balaban J connectivity index is 1.32. The van der Waals surface area contributed by atoms with E-state index in [4.69, 9.17) is 4.74 Å². The summed E-state index contributed by atoms with van der Waals surface area (Å²) in [4.78, 5) is 32.2. The van der Waals surface area contributed by atoms with Gasteiger partial charge in [-0.25, -0.2) is 4.68 Å². The van der Waals surface area contributed by atoms with Crippen molar-refractivity contribution in [2.75, 3.05) is 36.5 Å². The average molecular weight is 575 g/mol. The predicted octanol–water partition coefficient (Wildman–Crippen LogP) is 4.99. The van der Waals surface area contributed by atoms with E-state index in [1.54, 1.807) is 9.58 Å². The molecule has 218 valence electrons. The van der Waals surface area contributed by atoms with Crippen LogP contribution in [0.5, 0.6) is 0 Å². The zero-order valence-corrected chi connectivity index (χ0v) is 24.1. The highest BCUT2D eigenvalue weighted by Crippen LogP contribution is 2.27. The van der Waals surface area contributed by atoms with Gasteiger partial charge in [0.2, 0.25) is 5.91 Å². The summed E-state index contributed by atoms with van der Waals surface area (Å²) in [5.74, 6) is -0.543. The number of anilines is 2. The van der Waals surface area contributed by atoms with Crippen molar-refractivity contribution in [3.63, 3.8) is 0 Å². The normalized spacial score (nSPS) is 13.9. The molecule has 1 saturated heterocycles. The largest absolute Gasteiger partial charge is 0.378 e. The first-order chi connectivity index (χ1) is 21.0. The van der Waals surface area contributed by atoms with Crippen molar-refractivity contribution in [1.29, 1.82) is 0 Å². The first kappa shape index (κ1) is 28.1. The highest BCUT2D eigenvalue weighted by atomic mass is 16.5. The minimum absolute atomic E-state index is 0.0583. The lowest BCUT2D eigenvalue weighted by atomic mass is 10.0. The van der Waals surface area contributed by atoms with Crippen LogP contribution in [-0.2, 0) is 27.4 Å². The van der Waals surface area contributed by atoms with E-state index in [1.165, 1.54) is 0 Å². The third-order valence-electron chi connectivity index (χ3n) is 7.69. The molecule has 0 bridgehead atoms. The number of nitrogens with one attached hydrogen (secondary N) is 1. The number of morpholine rings is 1. The number of nitrogens with zero attached hydrogens (tertiary/aromatic N) is 5. The molecule has 0 radical (unpaired) electrons. The molecule has 1 aromatic heterocycles. The maximum absolute atomic E-state index is 14.2. The number of aryl methyl sites for hydroxylation is 1. The van der Waals surface area contributed by atoms with Crippen molar-refractivity contribution in [1.82, 2.24) is 19.9 Å². The molecule has 1 aliphatic rings. The van der Waals surface area contributed by atoms with Crippen molar-refractivity contribution in [3.05, 3.63) is 120 Å². The molecule has 0 saturated carbocycles. The number of carbonyl (C=O) groups is 2. The lowest BCUT2D eigenvalue weighted by molar-refractivity contribution is -0.140. The second-order valence-electron chi connectivity index (χ2n) is 10.7. The number of fused-ring (bicyclic) bond motifs is 1. The molecule has 1 N–H and O–H groups in total. The molecular formula is C34H34N6O3. The van der Waals surface area contributed by atoms with E-state index in [-0.39, 0.29) is 24.9 Å². The van der Waals surface area contributed by atoms with Crippen molar-refractivity contribution in [2.45, 2.75) is 26.1 Å². The maximum Gasteiger partial charge on any atom is 0.251 e. The molecule has 5 aromatic rings. The van der Waals surface area contributed by atoms with E-state index < -0.39 is 6.04 Å². The van der Waals surface area contributed by atoms with E-state index in [0.717, 1.165) is 41.0 Å². The van der Waals surface area contributed by atoms with Gasteiger partial charge in [-0.3, -0.25) is 9.59 Å². The number of hydrogen-bond donors (Lipinski definition) is 1. The highest BCUT2D eigenvalue weighted by Gasteiger charge is 2.32. The van der Waals surface area contributed by atoms with Gasteiger partial charge < -0.3 is 19.9 Å². The minimum atomic E-state index is -0.887. The molecule has 2 heterocycles. The first-order valence-corrected chi connectivity index (χ1v) is 14.5. The Bertz CT molecular complexity index is 1680. The second kappa shape index (κ2) is 12.9. The van der Waals surface area contributed by atoms with Crippen LogP contribution < -0.4 is 10.2 Å². The molecule has 1 unspecified atom stereocenters. The highest BCUT2D eigenvalue weighted by molar-refractivity contribution is 5.98. The number of hydrogen-bond acceptors (Lipinski definition) is 6. The third kappa shape index (κ3) is 6.57. The second-order valence-corrected chi connectivity index (χ2v) is 10.7. The van der Waals surface area contributed by atoms with Gasteiger partial charge in [-0.1, -0.05) is 77.5 Å². The molecule has 2 amide bonds. The monoisotopic (exact) mass is 574 g/mol. The van der Waals surface area contributed by atoms with Gasteiger partial charge >= 0.3 is 0 Å². The van der Waals surface area contributed by atoms with Crippen LogP contribution in [0.25, 0.3) is 11.0 Å². The predicted molar refractivity (Wildman–Crippen MR) is 167 cm³/mol. The third-order valence-corrected chi connectivity index (χ3v) is 7.69. The molecule has 1 atom stereocenters. The van der Waals surface area contributed by atoms with Crippen LogP contribution in [0.1, 0.15) is 22.7 Å². The summed E-state index contributed by atoms with van der Waals surface area (Å²) in [6.07, 6.45) is 0. The molecule has 0 aliphatic carbocycles. The summed E-state index contributed by atoms with van der Waals surface area (Å²) in [6.45, 7) is 5.25. The van der Waals surface area contributed by atoms with Gasteiger partial charge in [-0.15, -0.1) is 5.10 Å². The molecule has 0 spiro atoms. The molecule has 1 fully saturated rings. The van der Waals surface area contributed by atoms with Gasteiger partial charge in [-0.05, 0) is 54.4 Å². The van der Waals surface area contributed by atoms with Crippen molar-refractivity contribution in [2.24, 2.45) is 0 Å². The van der Waals surface area contributed by atoms with E-state index in [9.17, 15) is 9.59 Å². The Morgan fingerprint density at radius 3 is 2.33 bits per heavy atom. The fourth-order valence-corrected chi connectivity index (χ4v) is 5.37. The van der Waals surface area contributed by atoms with Gasteiger partial charge in [0.1, 0.15) is 18.1 Å². The fraction of sp³-hybridized carbons (Fsp3) is 0.235. The van der Waals surface area contributed by atoms with Gasteiger partial charge in [0.15, 0.2) is 0 Å². The molecular weight excluding hydrogens is 540 g/mol. The van der Waals surface area contributed by atoms with E-state index in [2.05, 4.69) is 20.5 Å². The van der Waals surface area contributed by atoms with Gasteiger partial charge in [0, 0.05) is 31.0 Å². The van der Waals surface area contributed by atoms with Crippen LogP contribution >= 0.6 is 0 Å². The van der Waals surface area contributed by atoms with Gasteiger partial charge in [-0.2, -0.15) is 0 Å². The molecule has 6 rings (SSSR count). The van der Waals surface area contributed by atoms with Crippen LogP contribution in [0, 0.1) is 6.92 Å². The lowest BCUT2D eigenvalue weighted by Crippen LogP contribution is -2.42. The number of amides is 2. The summed E-state index contributed by atoms with van der Waals surface area (Å²) < 4.78 is 7.06. The van der Waals surface area contributed by atoms with Crippen LogP contribution in [0.15, 0.2) is 103 Å². The summed E-state index contributed by atoms with van der Waals surface area (Å²) in [5.41, 5.74) is 5.91. The molecule has 4 aromatic carbocycles. The van der Waals surface area contributed by atoms with Crippen molar-refractivity contribution < 1.29 is 14.3 Å². The van der Waals surface area contributed by atoms with E-state index in [1.807, 2.05) is 110 Å². The number of rotatable bonds is 9. The number of carbonyl (C=O) groups excluding carboxylic acids is 2. The van der Waals surface area contributed by atoms with Crippen LogP contribution in [-0.4, -0.2) is 58.0 Å². The Morgan fingerprint density at radius 1 is 0.884 bits per heavy atom. The van der Waals surface area contributed by atoms with Crippen LogP contribution in [0.2, 0.25) is 0 Å². The lowest BCUT2D eigenvalue weighted by Gasteiger charge is -2.32. The van der Waals surface area contributed by atoms with Gasteiger partial charge in [0.05, 0.1) is 18.7 Å². The summed E-state index contributed by atoms with van der Waals surface area (Å²) >= 11 is 0. The number of ether oxygens (including phenoxy) is 1. The summed E-state index contributed by atoms with van der Waals surface area (Å²) in [6, 6.07) is 31.9. The van der Waals surface area contributed by atoms with E-state index in [0.29, 0.717) is 24.4 Å². The van der Waals surface area contributed by atoms with Crippen molar-refractivity contribution >= 4 is 34.2 Å². The first-order valence-electron chi connectivity index (χ1n) is 14.5. The van der Waals surface area contributed by atoms with Crippen molar-refractivity contribution in [3.8, 4) is 0 Å². The topological polar surface area (TPSA) is 92.6 Å². The zero-order chi connectivity index (χ0) is 29.6. The Labute approximate surface area is 250 Å². The fourth-order valence-electron chi connectivity index (χ4n) is 5.37. The zero-order valence-electron chi connectivity index (χ0n) is 24.1. The molecule has 1 aliphatic heterocycles. The van der Waals surface area contributed by atoms with Gasteiger partial charge in [0.25, 0.3) is 5.91 Å². The smallest absolute Gasteiger partial charge is 0.251 e. The number of benzene rings is 4. The SMILES string of the molecule is Cc1ccc(C(C(=O)Nc2ccc(N3CCOCC3)cc2)N(Cc2ccccc2)C(=O)Cn2nnc3ccccc32)cc1. The summed E-state index contributed by atoms with van der Waals surface area (Å²) in [5, 5.41) is 11.5. The molecule has 9 heteroatoms. The van der Waals surface area contributed by atoms with Crippen LogP contribution in [0.3, 0.4) is 0 Å². The Morgan fingerprint density at radius 2 is 1.58 bits per heavy atom. The maximum atomic E-state index is 14.2. The summed E-state index contributed by atoms with van der Waals surface area (Å²) in [7, 11) is 0. The molecule has 43 heavy (non-hydrogen) atoms. The molecule has 9 nitrogen and oxygen atoms in total. The average Bonchev–Trinajstić information content (AvgIpc) is 3.45. The Kier molecular flexibility index (Phi) is 8.42. The quantitative estimate of drug-likeness (QED) is 0.267.